The van der Waals surface area contributed by atoms with Crippen LogP contribution in [-0.2, 0) is 11.3 Å². The standard InChI is InChI=1S/C15H13N3O2S2/c19-13(8-17-15(20)12-6-3-7-21-12)16-9-14-18-10-4-1-2-5-11(10)22-14/h1-7H,8-9H2,(H,16,19)(H,17,20). The van der Waals surface area contributed by atoms with Crippen molar-refractivity contribution in [2.75, 3.05) is 6.54 Å². The molecule has 112 valence electrons. The summed E-state index contributed by atoms with van der Waals surface area (Å²) < 4.78 is 1.10. The van der Waals surface area contributed by atoms with E-state index in [9.17, 15) is 9.59 Å². The van der Waals surface area contributed by atoms with Gasteiger partial charge in [0, 0.05) is 0 Å². The summed E-state index contributed by atoms with van der Waals surface area (Å²) in [5, 5.41) is 8.02. The van der Waals surface area contributed by atoms with Crippen molar-refractivity contribution >= 4 is 44.7 Å². The maximum Gasteiger partial charge on any atom is 0.261 e. The Balaban J connectivity index is 1.49. The Morgan fingerprint density at radius 1 is 1.09 bits per heavy atom. The molecule has 0 aliphatic carbocycles. The zero-order chi connectivity index (χ0) is 15.4. The lowest BCUT2D eigenvalue weighted by molar-refractivity contribution is -0.120. The normalized spacial score (nSPS) is 10.5. The van der Waals surface area contributed by atoms with Crippen molar-refractivity contribution in [3.05, 3.63) is 51.7 Å². The van der Waals surface area contributed by atoms with E-state index in [1.54, 1.807) is 23.5 Å². The predicted octanol–water partition coefficient (Wildman–Crippen LogP) is 2.40. The number of nitrogens with zero attached hydrogens (tertiary/aromatic N) is 1. The number of carbonyl (C=O) groups is 2. The second kappa shape index (κ2) is 6.67. The molecule has 0 radical (unpaired) electrons. The van der Waals surface area contributed by atoms with Gasteiger partial charge in [-0.15, -0.1) is 22.7 Å². The van der Waals surface area contributed by atoms with Crippen molar-refractivity contribution in [1.29, 1.82) is 0 Å². The molecule has 0 fully saturated rings. The first kappa shape index (κ1) is 14.7. The summed E-state index contributed by atoms with van der Waals surface area (Å²) in [7, 11) is 0. The number of thiophene rings is 1. The van der Waals surface area contributed by atoms with E-state index < -0.39 is 0 Å². The molecule has 22 heavy (non-hydrogen) atoms. The van der Waals surface area contributed by atoms with Gasteiger partial charge in [-0.1, -0.05) is 18.2 Å². The third-order valence-corrected chi connectivity index (χ3v) is 4.83. The molecule has 5 nitrogen and oxygen atoms in total. The van der Waals surface area contributed by atoms with Crippen molar-refractivity contribution < 1.29 is 9.59 Å². The van der Waals surface area contributed by atoms with Crippen LogP contribution in [0.5, 0.6) is 0 Å². The largest absolute Gasteiger partial charge is 0.348 e. The smallest absolute Gasteiger partial charge is 0.261 e. The number of carbonyl (C=O) groups excluding carboxylic acids is 2. The minimum Gasteiger partial charge on any atom is -0.348 e. The van der Waals surface area contributed by atoms with Crippen LogP contribution in [0, 0.1) is 0 Å². The molecular formula is C15H13N3O2S2. The van der Waals surface area contributed by atoms with Crippen LogP contribution in [0.15, 0.2) is 41.8 Å². The van der Waals surface area contributed by atoms with E-state index in [-0.39, 0.29) is 18.4 Å². The lowest BCUT2D eigenvalue weighted by Gasteiger charge is -2.04. The highest BCUT2D eigenvalue weighted by molar-refractivity contribution is 7.18. The van der Waals surface area contributed by atoms with Crippen LogP contribution in [0.25, 0.3) is 10.2 Å². The fourth-order valence-electron chi connectivity index (χ4n) is 1.89. The molecule has 0 unspecified atom stereocenters. The minimum absolute atomic E-state index is 0.0401. The third-order valence-electron chi connectivity index (χ3n) is 2.93. The number of para-hydroxylation sites is 1. The van der Waals surface area contributed by atoms with E-state index in [1.807, 2.05) is 29.6 Å². The summed E-state index contributed by atoms with van der Waals surface area (Å²) in [6, 6.07) is 11.4. The molecule has 0 saturated carbocycles. The zero-order valence-corrected chi connectivity index (χ0v) is 13.2. The molecule has 0 aliphatic heterocycles. The van der Waals surface area contributed by atoms with E-state index in [0.717, 1.165) is 15.2 Å². The lowest BCUT2D eigenvalue weighted by Crippen LogP contribution is -2.36. The summed E-state index contributed by atoms with van der Waals surface area (Å²) >= 11 is 2.89. The van der Waals surface area contributed by atoms with Gasteiger partial charge in [-0.05, 0) is 23.6 Å². The number of hydrogen-bond acceptors (Lipinski definition) is 5. The number of hydrogen-bond donors (Lipinski definition) is 2. The van der Waals surface area contributed by atoms with Crippen LogP contribution >= 0.6 is 22.7 Å². The van der Waals surface area contributed by atoms with E-state index >= 15 is 0 Å². The molecule has 2 N–H and O–H groups in total. The molecule has 3 rings (SSSR count). The average molecular weight is 331 g/mol. The van der Waals surface area contributed by atoms with Crippen molar-refractivity contribution in [2.24, 2.45) is 0 Å². The SMILES string of the molecule is O=C(CNC(=O)c1cccs1)NCc1nc2ccccc2s1. The van der Waals surface area contributed by atoms with E-state index in [1.165, 1.54) is 11.3 Å². The monoisotopic (exact) mass is 331 g/mol. The van der Waals surface area contributed by atoms with Crippen molar-refractivity contribution in [3.63, 3.8) is 0 Å². The number of benzene rings is 1. The Labute approximate surface area is 135 Å². The van der Waals surface area contributed by atoms with Gasteiger partial charge >= 0.3 is 0 Å². The Hall–Kier alpha value is -2.25. The second-order valence-electron chi connectivity index (χ2n) is 4.51. The zero-order valence-electron chi connectivity index (χ0n) is 11.5. The molecule has 0 atom stereocenters. The van der Waals surface area contributed by atoms with Gasteiger partial charge in [0.15, 0.2) is 0 Å². The van der Waals surface area contributed by atoms with E-state index in [4.69, 9.17) is 0 Å². The highest BCUT2D eigenvalue weighted by Gasteiger charge is 2.09. The van der Waals surface area contributed by atoms with Gasteiger partial charge in [0.1, 0.15) is 5.01 Å². The first-order valence-electron chi connectivity index (χ1n) is 6.65. The number of amides is 2. The molecule has 7 heteroatoms. The van der Waals surface area contributed by atoms with Crippen molar-refractivity contribution in [3.8, 4) is 0 Å². The third kappa shape index (κ3) is 3.49. The van der Waals surface area contributed by atoms with Crippen LogP contribution in [-0.4, -0.2) is 23.3 Å². The molecule has 0 spiro atoms. The van der Waals surface area contributed by atoms with Gasteiger partial charge in [0.05, 0.1) is 28.2 Å². The summed E-state index contributed by atoms with van der Waals surface area (Å²) in [6.45, 7) is 0.328. The van der Waals surface area contributed by atoms with Crippen LogP contribution < -0.4 is 10.6 Å². The van der Waals surface area contributed by atoms with Gasteiger partial charge in [-0.25, -0.2) is 4.98 Å². The second-order valence-corrected chi connectivity index (χ2v) is 6.57. The molecule has 0 saturated heterocycles. The molecule has 0 bridgehead atoms. The van der Waals surface area contributed by atoms with Crippen LogP contribution in [0.2, 0.25) is 0 Å². The van der Waals surface area contributed by atoms with Crippen molar-refractivity contribution in [1.82, 2.24) is 15.6 Å². The first-order valence-corrected chi connectivity index (χ1v) is 8.35. The summed E-state index contributed by atoms with van der Waals surface area (Å²) in [5.41, 5.74) is 0.933. The van der Waals surface area contributed by atoms with Gasteiger partial charge in [0.2, 0.25) is 5.91 Å². The Morgan fingerprint density at radius 2 is 1.95 bits per heavy atom. The average Bonchev–Trinajstić information content (AvgIpc) is 3.19. The number of rotatable bonds is 5. The highest BCUT2D eigenvalue weighted by atomic mass is 32.1. The maximum absolute atomic E-state index is 11.8. The van der Waals surface area contributed by atoms with Crippen LogP contribution in [0.1, 0.15) is 14.7 Å². The number of fused-ring (bicyclic) bond motifs is 1. The highest BCUT2D eigenvalue weighted by Crippen LogP contribution is 2.21. The molecule has 0 aliphatic rings. The summed E-state index contributed by atoms with van der Waals surface area (Å²) in [5.74, 6) is -0.464. The van der Waals surface area contributed by atoms with Gasteiger partial charge in [0.25, 0.3) is 5.91 Å². The van der Waals surface area contributed by atoms with Gasteiger partial charge in [-0.2, -0.15) is 0 Å². The number of thiazole rings is 1. The van der Waals surface area contributed by atoms with E-state index in [2.05, 4.69) is 15.6 Å². The molecule has 1 aromatic carbocycles. The summed E-state index contributed by atoms with van der Waals surface area (Å²) in [6.07, 6.45) is 0. The number of aromatic nitrogens is 1. The molecule has 2 aromatic heterocycles. The van der Waals surface area contributed by atoms with Gasteiger partial charge in [-0.3, -0.25) is 9.59 Å². The Bertz CT molecular complexity index is 763. The van der Waals surface area contributed by atoms with Gasteiger partial charge < -0.3 is 10.6 Å². The minimum atomic E-state index is -0.232. The summed E-state index contributed by atoms with van der Waals surface area (Å²) in [4.78, 5) is 28.5. The predicted molar refractivity (Wildman–Crippen MR) is 88.1 cm³/mol. The van der Waals surface area contributed by atoms with Crippen LogP contribution in [0.4, 0.5) is 0 Å². The topological polar surface area (TPSA) is 71.1 Å². The molecule has 2 heterocycles. The fraction of sp³-hybridized carbons (Fsp3) is 0.133. The lowest BCUT2D eigenvalue weighted by atomic mass is 10.3. The number of nitrogens with one attached hydrogen (secondary N) is 2. The van der Waals surface area contributed by atoms with Crippen molar-refractivity contribution in [2.45, 2.75) is 6.54 Å². The Morgan fingerprint density at radius 3 is 2.73 bits per heavy atom. The Kier molecular flexibility index (Phi) is 4.45. The van der Waals surface area contributed by atoms with E-state index in [0.29, 0.717) is 11.4 Å². The van der Waals surface area contributed by atoms with Crippen LogP contribution in [0.3, 0.4) is 0 Å². The quantitative estimate of drug-likeness (QED) is 0.754. The maximum atomic E-state index is 11.8. The molecule has 2 amide bonds. The molecule has 3 aromatic rings. The fourth-order valence-corrected chi connectivity index (χ4v) is 3.43. The molecular weight excluding hydrogens is 318 g/mol. The first-order chi connectivity index (χ1) is 10.7.